The smallest absolute Gasteiger partial charge is 0.334 e. The summed E-state index contributed by atoms with van der Waals surface area (Å²) < 4.78 is 40.3. The lowest BCUT2D eigenvalue weighted by atomic mass is 10.2. The summed E-state index contributed by atoms with van der Waals surface area (Å²) in [7, 11) is -4.87. The fraction of sp³-hybridized carbons (Fsp3) is 0.417. The normalized spacial score (nSPS) is 23.3. The number of nitrogens with one attached hydrogen (secondary N) is 1. The molecule has 2 atom stereocenters. The molecule has 19 heavy (non-hydrogen) atoms. The van der Waals surface area contributed by atoms with Gasteiger partial charge in [-0.25, -0.2) is 0 Å². The molecule has 0 spiro atoms. The molecule has 104 valence electrons. The molecule has 2 unspecified atom stereocenters. The van der Waals surface area contributed by atoms with Gasteiger partial charge in [-0.05, 0) is 31.9 Å². The fourth-order valence-electron chi connectivity index (χ4n) is 1.99. The first-order chi connectivity index (χ1) is 8.88. The Morgan fingerprint density at radius 1 is 1.37 bits per heavy atom. The number of rotatable bonds is 3. The Morgan fingerprint density at radius 2 is 2.05 bits per heavy atom. The molecule has 0 radical (unpaired) electrons. The Morgan fingerprint density at radius 3 is 2.63 bits per heavy atom. The van der Waals surface area contributed by atoms with E-state index in [1.807, 2.05) is 6.92 Å². The molecular weight excluding hydrogens is 273 g/mol. The van der Waals surface area contributed by atoms with Crippen LogP contribution in [0.4, 0.5) is 9.57 Å². The van der Waals surface area contributed by atoms with Gasteiger partial charge in [0.1, 0.15) is 11.0 Å². The molecule has 0 aliphatic carbocycles. The molecule has 1 aliphatic heterocycles. The van der Waals surface area contributed by atoms with Gasteiger partial charge in [0.15, 0.2) is 0 Å². The van der Waals surface area contributed by atoms with Crippen molar-refractivity contribution in [3.8, 4) is 0 Å². The van der Waals surface area contributed by atoms with E-state index in [1.165, 1.54) is 18.2 Å². The standard InChI is InChI=1S/C12H14FNO4S/c1-8-6-7-10(18-8)12(15)14-9-4-2-3-5-11(9)19(13,16)17/h2-5,8,10H,6-7H2,1H3,(H,14,15). The number of amides is 1. The van der Waals surface area contributed by atoms with Crippen molar-refractivity contribution in [3.63, 3.8) is 0 Å². The molecule has 1 aromatic rings. The Labute approximate surface area is 111 Å². The van der Waals surface area contributed by atoms with Crippen molar-refractivity contribution < 1.29 is 21.8 Å². The van der Waals surface area contributed by atoms with Crippen molar-refractivity contribution in [2.45, 2.75) is 36.9 Å². The van der Waals surface area contributed by atoms with Crippen molar-refractivity contribution in [2.75, 3.05) is 5.32 Å². The topological polar surface area (TPSA) is 72.5 Å². The Hall–Kier alpha value is -1.47. The van der Waals surface area contributed by atoms with Crippen molar-refractivity contribution in [2.24, 2.45) is 0 Å². The highest BCUT2D eigenvalue weighted by molar-refractivity contribution is 7.86. The number of halogens is 1. The van der Waals surface area contributed by atoms with Crippen LogP contribution in [0.5, 0.6) is 0 Å². The van der Waals surface area contributed by atoms with Crippen molar-refractivity contribution in [1.29, 1.82) is 0 Å². The lowest BCUT2D eigenvalue weighted by Crippen LogP contribution is -2.28. The van der Waals surface area contributed by atoms with Gasteiger partial charge in [0.2, 0.25) is 0 Å². The summed E-state index contributed by atoms with van der Waals surface area (Å²) >= 11 is 0. The molecule has 1 aliphatic rings. The minimum atomic E-state index is -4.87. The molecule has 0 aromatic heterocycles. The van der Waals surface area contributed by atoms with E-state index >= 15 is 0 Å². The number of anilines is 1. The van der Waals surface area contributed by atoms with Crippen LogP contribution in [0.2, 0.25) is 0 Å². The molecule has 1 N–H and O–H groups in total. The van der Waals surface area contributed by atoms with Crippen molar-refractivity contribution in [1.82, 2.24) is 0 Å². The molecule has 5 nitrogen and oxygen atoms in total. The summed E-state index contributed by atoms with van der Waals surface area (Å²) in [5.74, 6) is -0.458. The highest BCUT2D eigenvalue weighted by Crippen LogP contribution is 2.25. The van der Waals surface area contributed by atoms with Crippen LogP contribution in [0.25, 0.3) is 0 Å². The summed E-state index contributed by atoms with van der Waals surface area (Å²) in [6.07, 6.45) is 0.708. The Kier molecular flexibility index (Phi) is 3.86. The minimum absolute atomic E-state index is 0.00379. The van der Waals surface area contributed by atoms with Crippen LogP contribution in [-0.2, 0) is 19.8 Å². The summed E-state index contributed by atoms with van der Waals surface area (Å²) in [5, 5.41) is 2.40. The largest absolute Gasteiger partial charge is 0.365 e. The molecule has 1 amide bonds. The third-order valence-electron chi connectivity index (χ3n) is 2.93. The van der Waals surface area contributed by atoms with Crippen LogP contribution >= 0.6 is 0 Å². The van der Waals surface area contributed by atoms with E-state index in [0.29, 0.717) is 6.42 Å². The molecule has 1 saturated heterocycles. The summed E-state index contributed by atoms with van der Waals surface area (Å²) in [5.41, 5.74) is -0.0712. The fourth-order valence-corrected chi connectivity index (χ4v) is 2.61. The monoisotopic (exact) mass is 287 g/mol. The van der Waals surface area contributed by atoms with E-state index in [4.69, 9.17) is 4.74 Å². The second kappa shape index (κ2) is 5.26. The number of ether oxygens (including phenoxy) is 1. The Balaban J connectivity index is 2.18. The maximum atomic E-state index is 13.1. The third kappa shape index (κ3) is 3.30. The van der Waals surface area contributed by atoms with E-state index in [-0.39, 0.29) is 11.8 Å². The van der Waals surface area contributed by atoms with Crippen LogP contribution in [0, 0.1) is 0 Å². The van der Waals surface area contributed by atoms with Crippen LogP contribution in [-0.4, -0.2) is 26.5 Å². The average Bonchev–Trinajstić information content (AvgIpc) is 2.75. The van der Waals surface area contributed by atoms with Gasteiger partial charge in [0.05, 0.1) is 11.8 Å². The zero-order valence-corrected chi connectivity index (χ0v) is 11.1. The van der Waals surface area contributed by atoms with Gasteiger partial charge < -0.3 is 10.1 Å². The number of carbonyl (C=O) groups excluding carboxylic acids is 1. The molecule has 2 rings (SSSR count). The maximum absolute atomic E-state index is 13.1. The summed E-state index contributed by atoms with van der Waals surface area (Å²) in [6.45, 7) is 1.85. The van der Waals surface area contributed by atoms with Gasteiger partial charge in [0.25, 0.3) is 5.91 Å². The highest BCUT2D eigenvalue weighted by Gasteiger charge is 2.29. The first kappa shape index (κ1) is 14.0. The summed E-state index contributed by atoms with van der Waals surface area (Å²) in [4.78, 5) is 11.3. The summed E-state index contributed by atoms with van der Waals surface area (Å²) in [6, 6.07) is 5.34. The van der Waals surface area contributed by atoms with Gasteiger partial charge >= 0.3 is 10.2 Å². The maximum Gasteiger partial charge on any atom is 0.334 e. The number of hydrogen-bond acceptors (Lipinski definition) is 4. The zero-order valence-electron chi connectivity index (χ0n) is 10.3. The number of carbonyl (C=O) groups is 1. The SMILES string of the molecule is CC1CCC(C(=O)Nc2ccccc2S(=O)(=O)F)O1. The molecule has 1 heterocycles. The van der Waals surface area contributed by atoms with Crippen LogP contribution in [0.3, 0.4) is 0 Å². The van der Waals surface area contributed by atoms with Crippen LogP contribution < -0.4 is 5.32 Å². The number of para-hydroxylation sites is 1. The number of benzene rings is 1. The van der Waals surface area contributed by atoms with Gasteiger partial charge in [-0.1, -0.05) is 12.1 Å². The predicted octanol–water partition coefficient (Wildman–Crippen LogP) is 1.85. The zero-order chi connectivity index (χ0) is 14.0. The molecule has 1 aromatic carbocycles. The van der Waals surface area contributed by atoms with E-state index in [9.17, 15) is 17.1 Å². The van der Waals surface area contributed by atoms with E-state index in [0.717, 1.165) is 12.5 Å². The second-order valence-electron chi connectivity index (χ2n) is 4.44. The first-order valence-corrected chi connectivity index (χ1v) is 7.26. The van der Waals surface area contributed by atoms with Crippen LogP contribution in [0.1, 0.15) is 19.8 Å². The Bertz CT molecular complexity index is 587. The van der Waals surface area contributed by atoms with Crippen LogP contribution in [0.15, 0.2) is 29.2 Å². The van der Waals surface area contributed by atoms with Crippen molar-refractivity contribution in [3.05, 3.63) is 24.3 Å². The predicted molar refractivity (Wildman–Crippen MR) is 66.9 cm³/mol. The lowest BCUT2D eigenvalue weighted by molar-refractivity contribution is -0.126. The van der Waals surface area contributed by atoms with Crippen molar-refractivity contribution >= 4 is 21.8 Å². The van der Waals surface area contributed by atoms with E-state index < -0.39 is 27.1 Å². The quantitative estimate of drug-likeness (QED) is 0.861. The number of hydrogen-bond donors (Lipinski definition) is 1. The molecular formula is C12H14FNO4S. The van der Waals surface area contributed by atoms with Gasteiger partial charge in [-0.3, -0.25) is 4.79 Å². The molecule has 0 bridgehead atoms. The van der Waals surface area contributed by atoms with Gasteiger partial charge in [0, 0.05) is 0 Å². The van der Waals surface area contributed by atoms with E-state index in [2.05, 4.69) is 5.32 Å². The second-order valence-corrected chi connectivity index (χ2v) is 5.75. The first-order valence-electron chi connectivity index (χ1n) is 5.88. The van der Waals surface area contributed by atoms with Gasteiger partial charge in [-0.15, -0.1) is 3.89 Å². The molecule has 0 saturated carbocycles. The molecule has 1 fully saturated rings. The average molecular weight is 287 g/mol. The minimum Gasteiger partial charge on any atom is -0.365 e. The molecule has 7 heteroatoms. The van der Waals surface area contributed by atoms with E-state index in [1.54, 1.807) is 0 Å². The lowest BCUT2D eigenvalue weighted by Gasteiger charge is -2.13. The van der Waals surface area contributed by atoms with Gasteiger partial charge in [-0.2, -0.15) is 8.42 Å². The third-order valence-corrected chi connectivity index (χ3v) is 3.81. The highest BCUT2D eigenvalue weighted by atomic mass is 32.3.